The molecule has 2 heterocycles. The number of nitrogens with zero attached hydrogens (tertiary/aromatic N) is 1. The molecule has 0 bridgehead atoms. The van der Waals surface area contributed by atoms with Crippen LogP contribution in [0.3, 0.4) is 0 Å². The second kappa shape index (κ2) is 5.65. The van der Waals surface area contributed by atoms with Crippen molar-refractivity contribution in [1.29, 1.82) is 0 Å². The van der Waals surface area contributed by atoms with Gasteiger partial charge in [-0.15, -0.1) is 0 Å². The van der Waals surface area contributed by atoms with Crippen molar-refractivity contribution < 1.29 is 13.9 Å². The SMILES string of the molecule is Cc1cc(N2CC(C)(F)C2)ccc1Nc1ccc2c(c1)OCC(=O)N2. The van der Waals surface area contributed by atoms with Crippen molar-refractivity contribution in [3.8, 4) is 5.75 Å². The quantitative estimate of drug-likeness (QED) is 0.895. The summed E-state index contributed by atoms with van der Waals surface area (Å²) in [5.41, 5.74) is 3.58. The molecule has 130 valence electrons. The molecule has 4 rings (SSSR count). The van der Waals surface area contributed by atoms with Gasteiger partial charge in [0, 0.05) is 23.1 Å². The zero-order valence-electron chi connectivity index (χ0n) is 14.2. The number of nitrogens with one attached hydrogen (secondary N) is 2. The Labute approximate surface area is 145 Å². The van der Waals surface area contributed by atoms with E-state index < -0.39 is 5.67 Å². The molecule has 1 saturated heterocycles. The summed E-state index contributed by atoms with van der Waals surface area (Å²) in [7, 11) is 0. The maximum absolute atomic E-state index is 13.7. The highest BCUT2D eigenvalue weighted by Crippen LogP contribution is 2.35. The molecular formula is C19H20FN3O2. The molecule has 1 amide bonds. The number of ether oxygens (including phenoxy) is 1. The summed E-state index contributed by atoms with van der Waals surface area (Å²) in [6.45, 7) is 4.57. The third kappa shape index (κ3) is 3.12. The average molecular weight is 341 g/mol. The molecular weight excluding hydrogens is 321 g/mol. The van der Waals surface area contributed by atoms with Gasteiger partial charge >= 0.3 is 0 Å². The molecule has 2 N–H and O–H groups in total. The van der Waals surface area contributed by atoms with Gasteiger partial charge in [0.05, 0.1) is 18.8 Å². The van der Waals surface area contributed by atoms with Crippen molar-refractivity contribution in [1.82, 2.24) is 0 Å². The lowest BCUT2D eigenvalue weighted by Gasteiger charge is -2.44. The van der Waals surface area contributed by atoms with Crippen LogP contribution in [0.1, 0.15) is 12.5 Å². The molecule has 2 aliphatic heterocycles. The number of carbonyl (C=O) groups is 1. The molecule has 6 heteroatoms. The topological polar surface area (TPSA) is 53.6 Å². The molecule has 5 nitrogen and oxygen atoms in total. The fourth-order valence-corrected chi connectivity index (χ4v) is 3.22. The number of fused-ring (bicyclic) bond motifs is 1. The van der Waals surface area contributed by atoms with Crippen molar-refractivity contribution >= 4 is 28.7 Å². The average Bonchev–Trinajstić information content (AvgIpc) is 2.54. The summed E-state index contributed by atoms with van der Waals surface area (Å²) in [5, 5.41) is 6.14. The Morgan fingerprint density at radius 3 is 2.76 bits per heavy atom. The van der Waals surface area contributed by atoms with E-state index in [9.17, 15) is 9.18 Å². The third-order valence-electron chi connectivity index (χ3n) is 4.51. The minimum Gasteiger partial charge on any atom is -0.482 e. The van der Waals surface area contributed by atoms with E-state index in [0.717, 1.165) is 22.6 Å². The Hall–Kier alpha value is -2.76. The van der Waals surface area contributed by atoms with Crippen LogP contribution in [0.15, 0.2) is 36.4 Å². The van der Waals surface area contributed by atoms with Crippen LogP contribution >= 0.6 is 0 Å². The first-order valence-electron chi connectivity index (χ1n) is 8.28. The molecule has 2 aliphatic rings. The van der Waals surface area contributed by atoms with E-state index >= 15 is 0 Å². The first-order valence-corrected chi connectivity index (χ1v) is 8.28. The van der Waals surface area contributed by atoms with E-state index in [-0.39, 0.29) is 12.5 Å². The summed E-state index contributed by atoms with van der Waals surface area (Å²) < 4.78 is 19.1. The number of hydrogen-bond donors (Lipinski definition) is 2. The monoisotopic (exact) mass is 341 g/mol. The van der Waals surface area contributed by atoms with Gasteiger partial charge in [0.1, 0.15) is 11.4 Å². The largest absolute Gasteiger partial charge is 0.482 e. The predicted molar refractivity (Wildman–Crippen MR) is 96.8 cm³/mol. The molecule has 0 aromatic heterocycles. The number of anilines is 4. The molecule has 25 heavy (non-hydrogen) atoms. The summed E-state index contributed by atoms with van der Waals surface area (Å²) in [6, 6.07) is 11.6. The van der Waals surface area contributed by atoms with E-state index in [1.165, 1.54) is 0 Å². The number of benzene rings is 2. The standard InChI is InChI=1S/C19H20FN3O2/c1-12-7-14(23-10-19(2,20)11-23)4-6-15(12)21-13-3-5-16-17(8-13)25-9-18(24)22-16/h3-8,21H,9-11H2,1-2H3,(H,22,24). The first kappa shape index (κ1) is 15.7. The number of aryl methyl sites for hydroxylation is 1. The number of hydrogen-bond acceptors (Lipinski definition) is 4. The number of amides is 1. The van der Waals surface area contributed by atoms with Gasteiger partial charge in [-0.3, -0.25) is 4.79 Å². The molecule has 1 fully saturated rings. The van der Waals surface area contributed by atoms with Gasteiger partial charge in [0.25, 0.3) is 5.91 Å². The molecule has 0 aliphatic carbocycles. The lowest BCUT2D eigenvalue weighted by Crippen LogP contribution is -2.57. The summed E-state index contributed by atoms with van der Waals surface area (Å²) in [5.74, 6) is 0.511. The second-order valence-corrected chi connectivity index (χ2v) is 6.94. The minimum absolute atomic E-state index is 0.0352. The zero-order chi connectivity index (χ0) is 17.6. The van der Waals surface area contributed by atoms with Crippen LogP contribution in [-0.2, 0) is 4.79 Å². The molecule has 0 unspecified atom stereocenters. The Bertz CT molecular complexity index is 843. The second-order valence-electron chi connectivity index (χ2n) is 6.94. The van der Waals surface area contributed by atoms with Gasteiger partial charge in [0.15, 0.2) is 6.61 Å². The summed E-state index contributed by atoms with van der Waals surface area (Å²) >= 11 is 0. The minimum atomic E-state index is -1.08. The number of alkyl halides is 1. The maximum Gasteiger partial charge on any atom is 0.262 e. The van der Waals surface area contributed by atoms with E-state index in [1.807, 2.05) is 42.2 Å². The highest BCUT2D eigenvalue weighted by molar-refractivity contribution is 5.95. The van der Waals surface area contributed by atoms with Crippen LogP contribution in [0.2, 0.25) is 0 Å². The van der Waals surface area contributed by atoms with Gasteiger partial charge in [-0.1, -0.05) is 0 Å². The third-order valence-corrected chi connectivity index (χ3v) is 4.51. The lowest BCUT2D eigenvalue weighted by molar-refractivity contribution is -0.118. The van der Waals surface area contributed by atoms with Gasteiger partial charge < -0.3 is 20.3 Å². The van der Waals surface area contributed by atoms with Crippen LogP contribution in [0.4, 0.5) is 27.1 Å². The normalized spacial score (nSPS) is 17.9. The smallest absolute Gasteiger partial charge is 0.262 e. The fourth-order valence-electron chi connectivity index (χ4n) is 3.22. The van der Waals surface area contributed by atoms with Crippen LogP contribution in [-0.4, -0.2) is 31.3 Å². The number of halogens is 1. The van der Waals surface area contributed by atoms with Crippen LogP contribution < -0.4 is 20.3 Å². The Morgan fingerprint density at radius 1 is 1.24 bits per heavy atom. The summed E-state index contributed by atoms with van der Waals surface area (Å²) in [4.78, 5) is 13.4. The number of rotatable bonds is 3. The Balaban J connectivity index is 1.50. The summed E-state index contributed by atoms with van der Waals surface area (Å²) in [6.07, 6.45) is 0. The Kier molecular flexibility index (Phi) is 3.56. The van der Waals surface area contributed by atoms with Gasteiger partial charge in [0.2, 0.25) is 0 Å². The van der Waals surface area contributed by atoms with Crippen molar-refractivity contribution in [2.45, 2.75) is 19.5 Å². The van der Waals surface area contributed by atoms with Crippen molar-refractivity contribution in [3.63, 3.8) is 0 Å². The predicted octanol–water partition coefficient (Wildman–Crippen LogP) is 3.62. The molecule has 0 saturated carbocycles. The van der Waals surface area contributed by atoms with E-state index in [1.54, 1.807) is 6.92 Å². The zero-order valence-corrected chi connectivity index (χ0v) is 14.2. The van der Waals surface area contributed by atoms with Gasteiger partial charge in [-0.05, 0) is 49.7 Å². The Morgan fingerprint density at radius 2 is 2.04 bits per heavy atom. The van der Waals surface area contributed by atoms with E-state index in [4.69, 9.17) is 4.74 Å². The van der Waals surface area contributed by atoms with Crippen molar-refractivity contribution in [2.75, 3.05) is 35.2 Å². The van der Waals surface area contributed by atoms with Crippen LogP contribution in [0.5, 0.6) is 5.75 Å². The van der Waals surface area contributed by atoms with Crippen molar-refractivity contribution in [3.05, 3.63) is 42.0 Å². The molecule has 0 radical (unpaired) electrons. The van der Waals surface area contributed by atoms with Gasteiger partial charge in [-0.2, -0.15) is 0 Å². The maximum atomic E-state index is 13.7. The van der Waals surface area contributed by atoms with Crippen LogP contribution in [0, 0.1) is 6.92 Å². The highest BCUT2D eigenvalue weighted by atomic mass is 19.1. The van der Waals surface area contributed by atoms with Crippen LogP contribution in [0.25, 0.3) is 0 Å². The fraction of sp³-hybridized carbons (Fsp3) is 0.316. The van der Waals surface area contributed by atoms with E-state index in [2.05, 4.69) is 16.7 Å². The number of carbonyl (C=O) groups excluding carboxylic acids is 1. The van der Waals surface area contributed by atoms with E-state index in [0.29, 0.717) is 24.5 Å². The highest BCUT2D eigenvalue weighted by Gasteiger charge is 2.38. The molecule has 0 atom stereocenters. The first-order chi connectivity index (χ1) is 11.9. The molecule has 2 aromatic carbocycles. The lowest BCUT2D eigenvalue weighted by atomic mass is 9.97. The molecule has 2 aromatic rings. The van der Waals surface area contributed by atoms with Crippen molar-refractivity contribution in [2.24, 2.45) is 0 Å². The van der Waals surface area contributed by atoms with Gasteiger partial charge in [-0.25, -0.2) is 4.39 Å². The molecule has 0 spiro atoms.